The number of anilines is 2. The topological polar surface area (TPSA) is 86.1 Å². The Morgan fingerprint density at radius 3 is 2.72 bits per heavy atom. The number of nitrogens with zero attached hydrogens (tertiary/aromatic N) is 3. The Morgan fingerprint density at radius 2 is 2.11 bits per heavy atom. The zero-order valence-electron chi connectivity index (χ0n) is 10.4. The van der Waals surface area contributed by atoms with Gasteiger partial charge in [-0.1, -0.05) is 6.07 Å². The fraction of sp³-hybridized carbons (Fsp3) is 0.385. The van der Waals surface area contributed by atoms with Crippen LogP contribution in [0.1, 0.15) is 12.0 Å². The zero-order chi connectivity index (χ0) is 13.4. The van der Waals surface area contributed by atoms with Gasteiger partial charge in [0, 0.05) is 20.2 Å². The summed E-state index contributed by atoms with van der Waals surface area (Å²) in [6.07, 6.45) is 0.403. The molecule has 0 heterocycles. The molecule has 5 heteroatoms. The molecule has 0 amide bonds. The van der Waals surface area contributed by atoms with Crippen LogP contribution in [0.15, 0.2) is 18.2 Å². The molecule has 1 rings (SSSR count). The summed E-state index contributed by atoms with van der Waals surface area (Å²) in [5.74, 6) is 0. The molecule has 1 aromatic rings. The van der Waals surface area contributed by atoms with Crippen molar-refractivity contribution in [2.45, 2.75) is 6.42 Å². The molecule has 1 aromatic carbocycles. The summed E-state index contributed by atoms with van der Waals surface area (Å²) >= 11 is 0. The van der Waals surface area contributed by atoms with Crippen LogP contribution in [-0.4, -0.2) is 26.8 Å². The molecule has 0 bridgehead atoms. The normalized spacial score (nSPS) is 9.50. The highest BCUT2D eigenvalue weighted by Crippen LogP contribution is 2.26. The summed E-state index contributed by atoms with van der Waals surface area (Å²) in [7, 11) is 1.62. The van der Waals surface area contributed by atoms with E-state index in [1.54, 1.807) is 19.2 Å². The standard InChI is InChI=1S/C13H16N4O/c1-18-9-8-17(7-3-6-14)12-5-2-4-11(10-15)13(12)16/h2,4-5H,3,7-9,16H2,1H3. The van der Waals surface area contributed by atoms with Crippen LogP contribution < -0.4 is 10.6 Å². The van der Waals surface area contributed by atoms with E-state index in [1.165, 1.54) is 0 Å². The third kappa shape index (κ3) is 3.38. The Bertz CT molecular complexity index is 473. The lowest BCUT2D eigenvalue weighted by atomic mass is 10.1. The number of nitrogens with two attached hydrogens (primary N) is 1. The molecule has 0 spiro atoms. The minimum atomic E-state index is 0.403. The van der Waals surface area contributed by atoms with Gasteiger partial charge in [-0.15, -0.1) is 0 Å². The van der Waals surface area contributed by atoms with Gasteiger partial charge in [0.2, 0.25) is 0 Å². The Balaban J connectivity index is 2.97. The zero-order valence-corrected chi connectivity index (χ0v) is 10.4. The summed E-state index contributed by atoms with van der Waals surface area (Å²) in [5.41, 5.74) is 7.63. The van der Waals surface area contributed by atoms with Gasteiger partial charge in [0.15, 0.2) is 0 Å². The second-order valence-electron chi connectivity index (χ2n) is 3.74. The number of ether oxygens (including phenoxy) is 1. The van der Waals surface area contributed by atoms with Crippen LogP contribution in [0.4, 0.5) is 11.4 Å². The van der Waals surface area contributed by atoms with Crippen molar-refractivity contribution in [3.63, 3.8) is 0 Å². The molecule has 0 aromatic heterocycles. The maximum atomic E-state index is 8.95. The summed E-state index contributed by atoms with van der Waals surface area (Å²) in [6, 6.07) is 9.48. The van der Waals surface area contributed by atoms with E-state index in [0.717, 1.165) is 5.69 Å². The van der Waals surface area contributed by atoms with Crippen molar-refractivity contribution in [1.82, 2.24) is 0 Å². The predicted molar refractivity (Wildman–Crippen MR) is 69.9 cm³/mol. The van der Waals surface area contributed by atoms with Gasteiger partial charge in [-0.25, -0.2) is 0 Å². The van der Waals surface area contributed by atoms with E-state index < -0.39 is 0 Å². The van der Waals surface area contributed by atoms with Gasteiger partial charge in [-0.3, -0.25) is 0 Å². The molecule has 0 atom stereocenters. The number of para-hydroxylation sites is 1. The van der Waals surface area contributed by atoms with Gasteiger partial charge in [0.05, 0.1) is 36.0 Å². The van der Waals surface area contributed by atoms with Crippen LogP contribution in [-0.2, 0) is 4.74 Å². The van der Waals surface area contributed by atoms with E-state index in [9.17, 15) is 0 Å². The molecular formula is C13H16N4O. The van der Waals surface area contributed by atoms with Crippen molar-refractivity contribution in [2.24, 2.45) is 0 Å². The van der Waals surface area contributed by atoms with Crippen LogP contribution in [0, 0.1) is 22.7 Å². The lowest BCUT2D eigenvalue weighted by Gasteiger charge is -2.25. The minimum absolute atomic E-state index is 0.403. The summed E-state index contributed by atoms with van der Waals surface area (Å²) in [4.78, 5) is 1.96. The van der Waals surface area contributed by atoms with Gasteiger partial charge in [-0.2, -0.15) is 10.5 Å². The van der Waals surface area contributed by atoms with Gasteiger partial charge in [0.1, 0.15) is 6.07 Å². The third-order valence-electron chi connectivity index (χ3n) is 2.60. The van der Waals surface area contributed by atoms with Crippen molar-refractivity contribution in [3.8, 4) is 12.1 Å². The van der Waals surface area contributed by atoms with Crippen LogP contribution in [0.3, 0.4) is 0 Å². The Morgan fingerprint density at radius 1 is 1.33 bits per heavy atom. The number of methoxy groups -OCH3 is 1. The maximum Gasteiger partial charge on any atom is 0.101 e. The van der Waals surface area contributed by atoms with Crippen molar-refractivity contribution in [2.75, 3.05) is 37.4 Å². The number of hydrogen-bond donors (Lipinski definition) is 1. The average molecular weight is 244 g/mol. The van der Waals surface area contributed by atoms with Crippen LogP contribution in [0.2, 0.25) is 0 Å². The minimum Gasteiger partial charge on any atom is -0.396 e. The molecule has 0 unspecified atom stereocenters. The van der Waals surface area contributed by atoms with Crippen LogP contribution in [0.5, 0.6) is 0 Å². The molecule has 0 saturated carbocycles. The monoisotopic (exact) mass is 244 g/mol. The number of benzene rings is 1. The highest BCUT2D eigenvalue weighted by molar-refractivity contribution is 5.74. The molecule has 0 aliphatic heterocycles. The molecule has 0 radical (unpaired) electrons. The third-order valence-corrected chi connectivity index (χ3v) is 2.60. The SMILES string of the molecule is COCCN(CCC#N)c1cccc(C#N)c1N. The number of nitrogen functional groups attached to an aromatic ring is 1. The van der Waals surface area contributed by atoms with E-state index >= 15 is 0 Å². The first-order valence-electron chi connectivity index (χ1n) is 5.64. The average Bonchev–Trinajstić information content (AvgIpc) is 2.40. The smallest absolute Gasteiger partial charge is 0.101 e. The molecule has 0 aliphatic carbocycles. The molecule has 18 heavy (non-hydrogen) atoms. The van der Waals surface area contributed by atoms with Crippen molar-refractivity contribution < 1.29 is 4.74 Å². The molecule has 2 N–H and O–H groups in total. The van der Waals surface area contributed by atoms with E-state index in [1.807, 2.05) is 11.0 Å². The lowest BCUT2D eigenvalue weighted by molar-refractivity contribution is 0.205. The second kappa shape index (κ2) is 7.16. The first-order valence-corrected chi connectivity index (χ1v) is 5.64. The Hall–Kier alpha value is -2.24. The molecular weight excluding hydrogens is 228 g/mol. The molecule has 0 saturated heterocycles. The maximum absolute atomic E-state index is 8.95. The van der Waals surface area contributed by atoms with Gasteiger partial charge in [0.25, 0.3) is 0 Å². The van der Waals surface area contributed by atoms with Gasteiger partial charge < -0.3 is 15.4 Å². The van der Waals surface area contributed by atoms with Gasteiger partial charge >= 0.3 is 0 Å². The largest absolute Gasteiger partial charge is 0.396 e. The number of nitriles is 2. The lowest BCUT2D eigenvalue weighted by Crippen LogP contribution is -2.29. The summed E-state index contributed by atoms with van der Waals surface area (Å²) in [6.45, 7) is 1.75. The highest BCUT2D eigenvalue weighted by atomic mass is 16.5. The highest BCUT2D eigenvalue weighted by Gasteiger charge is 2.11. The molecule has 5 nitrogen and oxygen atoms in total. The second-order valence-corrected chi connectivity index (χ2v) is 3.74. The quantitative estimate of drug-likeness (QED) is 0.766. The van der Waals surface area contributed by atoms with E-state index in [0.29, 0.717) is 37.4 Å². The summed E-state index contributed by atoms with van der Waals surface area (Å²) in [5, 5.41) is 17.6. The number of hydrogen-bond acceptors (Lipinski definition) is 5. The van der Waals surface area contributed by atoms with Crippen molar-refractivity contribution in [3.05, 3.63) is 23.8 Å². The van der Waals surface area contributed by atoms with E-state index in [-0.39, 0.29) is 0 Å². The molecule has 94 valence electrons. The Kier molecular flexibility index (Phi) is 5.50. The van der Waals surface area contributed by atoms with Gasteiger partial charge in [-0.05, 0) is 12.1 Å². The van der Waals surface area contributed by atoms with Crippen molar-refractivity contribution in [1.29, 1.82) is 10.5 Å². The van der Waals surface area contributed by atoms with E-state index in [2.05, 4.69) is 12.1 Å². The number of rotatable bonds is 6. The van der Waals surface area contributed by atoms with Crippen LogP contribution in [0.25, 0.3) is 0 Å². The molecule has 0 aliphatic rings. The first kappa shape index (κ1) is 13.8. The first-order chi connectivity index (χ1) is 8.74. The predicted octanol–water partition coefficient (Wildman–Crippen LogP) is 1.51. The van der Waals surface area contributed by atoms with E-state index in [4.69, 9.17) is 21.0 Å². The Labute approximate surface area is 107 Å². The van der Waals surface area contributed by atoms with Crippen LogP contribution >= 0.6 is 0 Å². The fourth-order valence-corrected chi connectivity index (χ4v) is 1.67. The van der Waals surface area contributed by atoms with Crippen molar-refractivity contribution >= 4 is 11.4 Å². The fourth-order valence-electron chi connectivity index (χ4n) is 1.67. The summed E-state index contributed by atoms with van der Waals surface area (Å²) < 4.78 is 5.04. The molecule has 0 fully saturated rings.